The molecule has 0 saturated heterocycles. The Labute approximate surface area is 135 Å². The Hall–Kier alpha value is -2.60. The fraction of sp³-hybridized carbons (Fsp3) is 0.294. The van der Waals surface area contributed by atoms with E-state index in [9.17, 15) is 10.1 Å². The quantitative estimate of drug-likeness (QED) is 0.690. The van der Waals surface area contributed by atoms with Crippen molar-refractivity contribution >= 4 is 5.69 Å². The lowest BCUT2D eigenvalue weighted by molar-refractivity contribution is -0.385. The molecule has 0 amide bonds. The highest BCUT2D eigenvalue weighted by molar-refractivity contribution is 5.45. The minimum atomic E-state index is -0.428. The molecule has 6 nitrogen and oxygen atoms in total. The second-order valence-corrected chi connectivity index (χ2v) is 5.36. The Morgan fingerprint density at radius 3 is 2.48 bits per heavy atom. The van der Waals surface area contributed by atoms with Crippen molar-refractivity contribution in [1.82, 2.24) is 0 Å². The molecule has 0 atom stereocenters. The molecular weight excluding hydrogens is 296 g/mol. The van der Waals surface area contributed by atoms with Gasteiger partial charge in [0.1, 0.15) is 0 Å². The molecule has 0 fully saturated rings. The lowest BCUT2D eigenvalue weighted by Crippen LogP contribution is -2.00. The minimum Gasteiger partial charge on any atom is -0.454 e. The Bertz CT molecular complexity index is 686. The van der Waals surface area contributed by atoms with Gasteiger partial charge in [0.15, 0.2) is 11.5 Å². The van der Waals surface area contributed by atoms with Gasteiger partial charge in [-0.2, -0.15) is 0 Å². The fourth-order valence-corrected chi connectivity index (χ4v) is 2.13. The Balaban J connectivity index is 0.000000168. The van der Waals surface area contributed by atoms with E-state index in [0.717, 1.165) is 11.5 Å². The van der Waals surface area contributed by atoms with E-state index < -0.39 is 4.92 Å². The molecule has 1 heterocycles. The highest BCUT2D eigenvalue weighted by Gasteiger charge is 2.13. The van der Waals surface area contributed by atoms with Crippen molar-refractivity contribution in [2.45, 2.75) is 26.3 Å². The molecule has 3 rings (SSSR count). The fourth-order valence-electron chi connectivity index (χ4n) is 2.13. The molecule has 0 radical (unpaired) electrons. The highest BCUT2D eigenvalue weighted by Crippen LogP contribution is 2.34. The predicted octanol–water partition coefficient (Wildman–Crippen LogP) is 3.59. The number of benzene rings is 2. The SMILES string of the molecule is CC(C)c1ccc2c(c1)OCO2.NCc1ccccc1[N+](=O)[O-]. The van der Waals surface area contributed by atoms with Crippen molar-refractivity contribution in [3.8, 4) is 11.5 Å². The zero-order valence-corrected chi connectivity index (χ0v) is 13.2. The summed E-state index contributed by atoms with van der Waals surface area (Å²) < 4.78 is 10.5. The van der Waals surface area contributed by atoms with Crippen molar-refractivity contribution in [2.75, 3.05) is 6.79 Å². The number of nitrogens with two attached hydrogens (primary N) is 1. The third-order valence-electron chi connectivity index (χ3n) is 3.47. The second-order valence-electron chi connectivity index (χ2n) is 5.36. The van der Waals surface area contributed by atoms with E-state index in [4.69, 9.17) is 15.2 Å². The van der Waals surface area contributed by atoms with E-state index in [1.54, 1.807) is 18.2 Å². The van der Waals surface area contributed by atoms with Gasteiger partial charge in [0, 0.05) is 18.2 Å². The molecule has 122 valence electrons. The second kappa shape index (κ2) is 7.60. The number of hydrogen-bond donors (Lipinski definition) is 1. The Morgan fingerprint density at radius 1 is 1.17 bits per heavy atom. The van der Waals surface area contributed by atoms with Gasteiger partial charge < -0.3 is 15.2 Å². The van der Waals surface area contributed by atoms with Crippen LogP contribution in [-0.2, 0) is 6.54 Å². The molecule has 0 bridgehead atoms. The van der Waals surface area contributed by atoms with Gasteiger partial charge in [-0.05, 0) is 23.6 Å². The zero-order chi connectivity index (χ0) is 16.8. The van der Waals surface area contributed by atoms with Crippen LogP contribution in [0.15, 0.2) is 42.5 Å². The van der Waals surface area contributed by atoms with E-state index in [1.165, 1.54) is 11.6 Å². The number of ether oxygens (including phenoxy) is 2. The van der Waals surface area contributed by atoms with Gasteiger partial charge in [0.05, 0.1) is 4.92 Å². The summed E-state index contributed by atoms with van der Waals surface area (Å²) in [6.07, 6.45) is 0. The van der Waals surface area contributed by atoms with Crippen molar-refractivity contribution in [2.24, 2.45) is 5.73 Å². The Morgan fingerprint density at radius 2 is 1.87 bits per heavy atom. The summed E-state index contributed by atoms with van der Waals surface area (Å²) in [6, 6.07) is 12.6. The molecule has 0 aromatic heterocycles. The van der Waals surface area contributed by atoms with Crippen LogP contribution in [0.25, 0.3) is 0 Å². The number of fused-ring (bicyclic) bond motifs is 1. The van der Waals surface area contributed by atoms with Crippen LogP contribution in [0.3, 0.4) is 0 Å². The van der Waals surface area contributed by atoms with Crippen LogP contribution < -0.4 is 15.2 Å². The number of para-hydroxylation sites is 1. The van der Waals surface area contributed by atoms with Gasteiger partial charge in [-0.15, -0.1) is 0 Å². The lowest BCUT2D eigenvalue weighted by atomic mass is 10.0. The van der Waals surface area contributed by atoms with E-state index in [2.05, 4.69) is 19.9 Å². The maximum atomic E-state index is 10.3. The van der Waals surface area contributed by atoms with E-state index in [-0.39, 0.29) is 12.2 Å². The summed E-state index contributed by atoms with van der Waals surface area (Å²) >= 11 is 0. The first kappa shape index (κ1) is 16.8. The van der Waals surface area contributed by atoms with E-state index in [0.29, 0.717) is 18.3 Å². The summed E-state index contributed by atoms with van der Waals surface area (Å²) in [6.45, 7) is 4.89. The van der Waals surface area contributed by atoms with Crippen molar-refractivity contribution in [3.05, 3.63) is 63.7 Å². The number of nitro benzene ring substituents is 1. The molecule has 2 N–H and O–H groups in total. The van der Waals surface area contributed by atoms with Gasteiger partial charge in [-0.3, -0.25) is 10.1 Å². The van der Waals surface area contributed by atoms with Gasteiger partial charge in [0.25, 0.3) is 5.69 Å². The summed E-state index contributed by atoms with van der Waals surface area (Å²) in [7, 11) is 0. The van der Waals surface area contributed by atoms with E-state index >= 15 is 0 Å². The predicted molar refractivity (Wildman–Crippen MR) is 87.6 cm³/mol. The van der Waals surface area contributed by atoms with Crippen LogP contribution in [0, 0.1) is 10.1 Å². The molecule has 0 saturated carbocycles. The molecule has 1 aliphatic rings. The maximum Gasteiger partial charge on any atom is 0.273 e. The van der Waals surface area contributed by atoms with Crippen LogP contribution in [0.1, 0.15) is 30.9 Å². The van der Waals surface area contributed by atoms with Crippen LogP contribution in [0.4, 0.5) is 5.69 Å². The monoisotopic (exact) mass is 316 g/mol. The topological polar surface area (TPSA) is 87.6 Å². The van der Waals surface area contributed by atoms with E-state index in [1.807, 2.05) is 12.1 Å². The number of hydrogen-bond acceptors (Lipinski definition) is 5. The summed E-state index contributed by atoms with van der Waals surface area (Å²) in [4.78, 5) is 9.90. The molecule has 1 aliphatic heterocycles. The molecular formula is C17H20N2O4. The lowest BCUT2D eigenvalue weighted by Gasteiger charge is -2.05. The number of nitrogens with zero attached hydrogens (tertiary/aromatic N) is 1. The largest absolute Gasteiger partial charge is 0.454 e. The Kier molecular flexibility index (Phi) is 5.54. The molecule has 6 heteroatoms. The number of nitro groups is 1. The third kappa shape index (κ3) is 4.20. The van der Waals surface area contributed by atoms with Gasteiger partial charge in [-0.25, -0.2) is 0 Å². The standard InChI is InChI=1S/C10H12O2.C7H8N2O2/c1-7(2)8-3-4-9-10(5-8)12-6-11-9;8-5-6-3-1-2-4-7(6)9(10)11/h3-5,7H,6H2,1-2H3;1-4H,5,8H2. The third-order valence-corrected chi connectivity index (χ3v) is 3.47. The van der Waals surface area contributed by atoms with Crippen molar-refractivity contribution in [3.63, 3.8) is 0 Å². The van der Waals surface area contributed by atoms with Crippen molar-refractivity contribution in [1.29, 1.82) is 0 Å². The van der Waals surface area contributed by atoms with Crippen LogP contribution in [0.5, 0.6) is 11.5 Å². The van der Waals surface area contributed by atoms with Crippen LogP contribution >= 0.6 is 0 Å². The maximum absolute atomic E-state index is 10.3. The molecule has 23 heavy (non-hydrogen) atoms. The first-order chi connectivity index (χ1) is 11.0. The summed E-state index contributed by atoms with van der Waals surface area (Å²) in [5, 5.41) is 10.3. The summed E-state index contributed by atoms with van der Waals surface area (Å²) in [5.74, 6) is 2.28. The van der Waals surface area contributed by atoms with Gasteiger partial charge in [-0.1, -0.05) is 38.1 Å². The molecule has 2 aromatic rings. The average molecular weight is 316 g/mol. The average Bonchev–Trinajstić information content (AvgIpc) is 3.02. The molecule has 2 aromatic carbocycles. The van der Waals surface area contributed by atoms with Crippen LogP contribution in [0.2, 0.25) is 0 Å². The first-order valence-corrected chi connectivity index (χ1v) is 7.34. The van der Waals surface area contributed by atoms with Crippen LogP contribution in [-0.4, -0.2) is 11.7 Å². The van der Waals surface area contributed by atoms with Crippen molar-refractivity contribution < 1.29 is 14.4 Å². The first-order valence-electron chi connectivity index (χ1n) is 7.34. The number of rotatable bonds is 3. The summed E-state index contributed by atoms with van der Waals surface area (Å²) in [5.41, 5.74) is 7.23. The molecule has 0 unspecified atom stereocenters. The molecule has 0 spiro atoms. The normalized spacial score (nSPS) is 11.8. The smallest absolute Gasteiger partial charge is 0.273 e. The van der Waals surface area contributed by atoms with Gasteiger partial charge in [0.2, 0.25) is 6.79 Å². The highest BCUT2D eigenvalue weighted by atomic mass is 16.7. The molecule has 0 aliphatic carbocycles. The van der Waals surface area contributed by atoms with Gasteiger partial charge >= 0.3 is 0 Å². The zero-order valence-electron chi connectivity index (χ0n) is 13.2. The minimum absolute atomic E-state index is 0.0926.